The number of likely N-dealkylation sites (N-methyl/N-ethyl adjacent to an activating group) is 1. The lowest BCUT2D eigenvalue weighted by molar-refractivity contribution is -0.870. The number of amides is 1. The number of phosphoric ester groups is 1. The summed E-state index contributed by atoms with van der Waals surface area (Å²) >= 11 is 0. The topological polar surface area (TPSA) is 111 Å². The van der Waals surface area contributed by atoms with Crippen LogP contribution in [0.2, 0.25) is 0 Å². The molecule has 3 atom stereocenters. The van der Waals surface area contributed by atoms with Crippen molar-refractivity contribution in [2.45, 2.75) is 258 Å². The van der Waals surface area contributed by atoms with Crippen molar-refractivity contribution in [3.63, 3.8) is 0 Å². The predicted octanol–water partition coefficient (Wildman–Crippen LogP) is 19.5. The molecule has 0 radical (unpaired) electrons. The molecule has 0 aliphatic carbocycles. The van der Waals surface area contributed by atoms with Crippen LogP contribution in [0.1, 0.15) is 245 Å². The molecule has 2 N–H and O–H groups in total. The molecule has 0 heterocycles. The van der Waals surface area contributed by atoms with E-state index in [2.05, 4.69) is 135 Å². The highest BCUT2D eigenvalue weighted by Crippen LogP contribution is 2.43. The van der Waals surface area contributed by atoms with Gasteiger partial charge in [0.2, 0.25) is 5.91 Å². The Bertz CT molecular complexity index is 1750. The van der Waals surface area contributed by atoms with Crippen LogP contribution in [0.25, 0.3) is 0 Å². The fourth-order valence-corrected chi connectivity index (χ4v) is 9.10. The molecule has 10 heteroatoms. The Balaban J connectivity index is 5.34. The van der Waals surface area contributed by atoms with Crippen molar-refractivity contribution >= 4 is 19.7 Å². The second-order valence-electron chi connectivity index (χ2n) is 21.8. The van der Waals surface area contributed by atoms with Gasteiger partial charge in [0.15, 0.2) is 0 Å². The maximum absolute atomic E-state index is 13.5. The molecule has 446 valence electrons. The van der Waals surface area contributed by atoms with Crippen molar-refractivity contribution in [2.75, 3.05) is 40.9 Å². The van der Waals surface area contributed by atoms with Gasteiger partial charge in [-0.15, -0.1) is 0 Å². The normalized spacial score (nSPS) is 14.5. The molecule has 0 rings (SSSR count). The zero-order valence-electron chi connectivity index (χ0n) is 50.9. The lowest BCUT2D eigenvalue weighted by atomic mass is 10.0. The third-order valence-corrected chi connectivity index (χ3v) is 14.1. The van der Waals surface area contributed by atoms with Crippen molar-refractivity contribution in [3.05, 3.63) is 122 Å². The predicted molar refractivity (Wildman–Crippen MR) is 336 cm³/mol. The van der Waals surface area contributed by atoms with E-state index in [0.29, 0.717) is 23.9 Å². The molecule has 1 amide bonds. The summed E-state index contributed by atoms with van der Waals surface area (Å²) in [6.07, 6.45) is 79.1. The summed E-state index contributed by atoms with van der Waals surface area (Å²) in [4.78, 5) is 37.7. The van der Waals surface area contributed by atoms with E-state index in [1.54, 1.807) is 0 Å². The lowest BCUT2D eigenvalue weighted by Gasteiger charge is -2.27. The third-order valence-electron chi connectivity index (χ3n) is 13.1. The van der Waals surface area contributed by atoms with Gasteiger partial charge in [0.05, 0.1) is 33.8 Å². The number of carbonyl (C=O) groups excluding carboxylic acids is 2. The largest absolute Gasteiger partial charge is 0.472 e. The average Bonchev–Trinajstić information content (AvgIpc) is 3.40. The van der Waals surface area contributed by atoms with Crippen LogP contribution in [0.15, 0.2) is 122 Å². The molecule has 0 aliphatic rings. The number of unbranched alkanes of at least 4 members (excludes halogenated alkanes) is 21. The summed E-state index contributed by atoms with van der Waals surface area (Å²) in [6.45, 7) is 6.75. The molecule has 0 aromatic heterocycles. The van der Waals surface area contributed by atoms with Gasteiger partial charge in [-0.05, 0) is 115 Å². The highest BCUT2D eigenvalue weighted by atomic mass is 31.2. The summed E-state index contributed by atoms with van der Waals surface area (Å²) in [5.74, 6) is -0.556. The summed E-state index contributed by atoms with van der Waals surface area (Å²) in [7, 11) is 1.45. The first-order chi connectivity index (χ1) is 37.9. The Morgan fingerprint density at radius 2 is 0.821 bits per heavy atom. The van der Waals surface area contributed by atoms with E-state index in [-0.39, 0.29) is 31.5 Å². The number of quaternary nitrogens is 1. The second kappa shape index (κ2) is 56.7. The van der Waals surface area contributed by atoms with Crippen molar-refractivity contribution in [1.82, 2.24) is 5.32 Å². The molecule has 9 nitrogen and oxygen atoms in total. The molecular formula is C68H118N2O7P+. The van der Waals surface area contributed by atoms with Crippen molar-refractivity contribution in [1.29, 1.82) is 0 Å². The minimum absolute atomic E-state index is 0.0265. The average molecular weight is 1110 g/mol. The van der Waals surface area contributed by atoms with Crippen LogP contribution >= 0.6 is 7.82 Å². The highest BCUT2D eigenvalue weighted by Gasteiger charge is 2.30. The van der Waals surface area contributed by atoms with Crippen LogP contribution in [-0.2, 0) is 27.9 Å². The van der Waals surface area contributed by atoms with Crippen molar-refractivity contribution in [2.24, 2.45) is 0 Å². The minimum Gasteiger partial charge on any atom is -0.456 e. The first-order valence-electron chi connectivity index (χ1n) is 31.4. The number of hydrogen-bond acceptors (Lipinski definition) is 6. The highest BCUT2D eigenvalue weighted by molar-refractivity contribution is 7.47. The zero-order valence-corrected chi connectivity index (χ0v) is 51.8. The molecule has 0 bridgehead atoms. The molecular weight excluding hydrogens is 988 g/mol. The molecule has 0 aliphatic heterocycles. The summed E-state index contributed by atoms with van der Waals surface area (Å²) in [5.41, 5.74) is 0. The maximum Gasteiger partial charge on any atom is 0.472 e. The number of allylic oxidation sites excluding steroid dienone is 19. The van der Waals surface area contributed by atoms with Gasteiger partial charge in [-0.1, -0.05) is 239 Å². The Labute approximate surface area is 480 Å². The smallest absolute Gasteiger partial charge is 0.456 e. The van der Waals surface area contributed by atoms with Gasteiger partial charge < -0.3 is 19.4 Å². The fraction of sp³-hybridized carbons (Fsp3) is 0.676. The summed E-state index contributed by atoms with van der Waals surface area (Å²) < 4.78 is 30.7. The van der Waals surface area contributed by atoms with Crippen LogP contribution in [0.3, 0.4) is 0 Å². The van der Waals surface area contributed by atoms with Crippen LogP contribution in [0, 0.1) is 0 Å². The van der Waals surface area contributed by atoms with Gasteiger partial charge in [0.1, 0.15) is 19.3 Å². The molecule has 0 spiro atoms. The second-order valence-corrected chi connectivity index (χ2v) is 23.3. The quantitative estimate of drug-likeness (QED) is 0.0205. The number of ether oxygens (including phenoxy) is 1. The molecule has 0 fully saturated rings. The Morgan fingerprint density at radius 3 is 1.23 bits per heavy atom. The van der Waals surface area contributed by atoms with Crippen LogP contribution in [-0.4, -0.2) is 74.3 Å². The SMILES string of the molecule is CC/C=C\C/C=C\C/C=C\C/C=C\C/C=C\C/C=C\CCCCCCC(=O)OC(/C=C\CCCCCCCCCCCCC)C(COP(=O)(O)OCC[N+](C)(C)C)NC(=O)CCCCCCCC/C=C/C/C=C/C/C=C/CC. The Morgan fingerprint density at radius 1 is 0.462 bits per heavy atom. The Kier molecular flexibility index (Phi) is 54.1. The number of nitrogens with one attached hydrogen (secondary N) is 1. The molecule has 3 unspecified atom stereocenters. The van der Waals surface area contributed by atoms with Gasteiger partial charge >= 0.3 is 13.8 Å². The van der Waals surface area contributed by atoms with E-state index in [9.17, 15) is 19.0 Å². The molecule has 78 heavy (non-hydrogen) atoms. The zero-order chi connectivity index (χ0) is 57.2. The van der Waals surface area contributed by atoms with Crippen molar-refractivity contribution in [3.8, 4) is 0 Å². The maximum atomic E-state index is 13.5. The van der Waals surface area contributed by atoms with E-state index in [1.807, 2.05) is 33.3 Å². The fourth-order valence-electron chi connectivity index (χ4n) is 8.37. The van der Waals surface area contributed by atoms with Gasteiger partial charge in [0, 0.05) is 12.8 Å². The molecule has 0 saturated heterocycles. The number of hydrogen-bond donors (Lipinski definition) is 2. The van der Waals surface area contributed by atoms with Gasteiger partial charge in [-0.2, -0.15) is 0 Å². The monoisotopic (exact) mass is 1110 g/mol. The lowest BCUT2D eigenvalue weighted by Crippen LogP contribution is -2.47. The number of nitrogens with zero attached hydrogens (tertiary/aromatic N) is 1. The van der Waals surface area contributed by atoms with Gasteiger partial charge in [0.25, 0.3) is 0 Å². The van der Waals surface area contributed by atoms with Gasteiger partial charge in [-0.3, -0.25) is 18.6 Å². The molecule has 0 saturated carbocycles. The summed E-state index contributed by atoms with van der Waals surface area (Å²) in [5, 5.41) is 3.04. The number of carbonyl (C=O) groups is 2. The van der Waals surface area contributed by atoms with Crippen LogP contribution in [0.4, 0.5) is 0 Å². The molecule has 0 aromatic carbocycles. The van der Waals surface area contributed by atoms with Crippen LogP contribution < -0.4 is 5.32 Å². The first kappa shape index (κ1) is 74.4. The van der Waals surface area contributed by atoms with E-state index in [0.717, 1.165) is 148 Å². The third kappa shape index (κ3) is 57.1. The molecule has 0 aromatic rings. The number of rotatable bonds is 55. The van der Waals surface area contributed by atoms with Gasteiger partial charge in [-0.25, -0.2) is 4.57 Å². The Hall–Kier alpha value is -3.59. The van der Waals surface area contributed by atoms with Crippen molar-refractivity contribution < 1.29 is 37.3 Å². The summed E-state index contributed by atoms with van der Waals surface area (Å²) in [6, 6.07) is -0.875. The van der Waals surface area contributed by atoms with E-state index < -0.39 is 20.0 Å². The first-order valence-corrected chi connectivity index (χ1v) is 32.9. The van der Waals surface area contributed by atoms with E-state index in [4.69, 9.17) is 13.8 Å². The minimum atomic E-state index is -4.47. The van der Waals surface area contributed by atoms with E-state index >= 15 is 0 Å². The standard InChI is InChI=1S/C68H117N2O7P/c1-7-10-13-16-19-22-25-28-30-32-33-34-35-36-37-38-40-43-46-49-52-55-58-61-68(72)77-66(59-56-53-50-47-44-41-27-24-21-18-15-12-9-3)65(64-76-78(73,74)75-63-62-70(4,5)6)69-67(71)60-57-54-51-48-45-42-39-31-29-26-23-20-17-14-11-8-2/h10-11,13-14,19-20,22-23,28-31,33-34,36-37,40,43,56,59,65-66H,7-9,12,15-18,21,24-27,32,35,38-39,41-42,44-55,57-58,60-64H2,1-6H3,(H-,69,71,73,74)/p+1/b13-10-,14-11+,22-19-,23-20+,30-28-,31-29+,34-33-,37-36-,43-40-,59-56-. The number of phosphoric acid groups is 1. The number of esters is 1. The van der Waals surface area contributed by atoms with E-state index in [1.165, 1.54) is 57.8 Å². The van der Waals surface area contributed by atoms with Crippen LogP contribution in [0.5, 0.6) is 0 Å².